The molecule has 2 nitrogen and oxygen atoms in total. The van der Waals surface area contributed by atoms with E-state index in [-0.39, 0.29) is 0 Å². The molecule has 1 atom stereocenters. The molecule has 0 aliphatic heterocycles. The molecule has 2 rings (SSSR count). The van der Waals surface area contributed by atoms with Gasteiger partial charge in [0.15, 0.2) is 0 Å². The molecule has 0 saturated heterocycles. The fourth-order valence-electron chi connectivity index (χ4n) is 2.73. The lowest BCUT2D eigenvalue weighted by atomic mass is 10.0. The van der Waals surface area contributed by atoms with Gasteiger partial charge in [0.05, 0.1) is 0 Å². The highest BCUT2D eigenvalue weighted by molar-refractivity contribution is 6.31. The number of nitrogens with zero attached hydrogens (tertiary/aromatic N) is 1. The highest BCUT2D eigenvalue weighted by atomic mass is 35.5. The molecule has 0 amide bonds. The molecule has 112 valence electrons. The van der Waals surface area contributed by atoms with E-state index < -0.39 is 0 Å². The van der Waals surface area contributed by atoms with Gasteiger partial charge in [-0.1, -0.05) is 43.6 Å². The van der Waals surface area contributed by atoms with Gasteiger partial charge < -0.3 is 10.2 Å². The SMILES string of the molecule is CCNC(CCN(CC)CC1CC1)c1ccccc1Cl. The van der Waals surface area contributed by atoms with Gasteiger partial charge >= 0.3 is 0 Å². The Bertz CT molecular complexity index is 404. The van der Waals surface area contributed by atoms with Crippen LogP contribution < -0.4 is 5.32 Å². The molecule has 1 aliphatic rings. The first kappa shape index (κ1) is 15.8. The number of benzene rings is 1. The maximum atomic E-state index is 6.34. The molecule has 20 heavy (non-hydrogen) atoms. The highest BCUT2D eigenvalue weighted by Gasteiger charge is 2.24. The largest absolute Gasteiger partial charge is 0.310 e. The predicted octanol–water partition coefficient (Wildman–Crippen LogP) is 4.11. The molecular formula is C17H27ClN2. The third-order valence-corrected chi connectivity index (χ3v) is 4.47. The van der Waals surface area contributed by atoms with Gasteiger partial charge in [-0.25, -0.2) is 0 Å². The lowest BCUT2D eigenvalue weighted by Gasteiger charge is -2.25. The quantitative estimate of drug-likeness (QED) is 0.737. The second-order valence-electron chi connectivity index (χ2n) is 5.76. The highest BCUT2D eigenvalue weighted by Crippen LogP contribution is 2.30. The summed E-state index contributed by atoms with van der Waals surface area (Å²) in [5.41, 5.74) is 1.23. The zero-order valence-corrected chi connectivity index (χ0v) is 13.5. The van der Waals surface area contributed by atoms with Crippen molar-refractivity contribution < 1.29 is 0 Å². The van der Waals surface area contributed by atoms with Crippen LogP contribution in [-0.4, -0.2) is 31.1 Å². The van der Waals surface area contributed by atoms with E-state index in [0.717, 1.165) is 37.0 Å². The molecule has 3 heteroatoms. The summed E-state index contributed by atoms with van der Waals surface area (Å²) in [6.07, 6.45) is 3.98. The summed E-state index contributed by atoms with van der Waals surface area (Å²) in [5, 5.41) is 4.46. The summed E-state index contributed by atoms with van der Waals surface area (Å²) in [6.45, 7) is 8.97. The van der Waals surface area contributed by atoms with E-state index in [2.05, 4.69) is 36.2 Å². The summed E-state index contributed by atoms with van der Waals surface area (Å²) in [7, 11) is 0. The van der Waals surface area contributed by atoms with Crippen LogP contribution in [0.25, 0.3) is 0 Å². The van der Waals surface area contributed by atoms with Gasteiger partial charge in [-0.3, -0.25) is 0 Å². The fraction of sp³-hybridized carbons (Fsp3) is 0.647. The van der Waals surface area contributed by atoms with Crippen molar-refractivity contribution in [3.63, 3.8) is 0 Å². The maximum absolute atomic E-state index is 6.34. The van der Waals surface area contributed by atoms with Crippen LogP contribution in [-0.2, 0) is 0 Å². The van der Waals surface area contributed by atoms with Crippen LogP contribution in [0.15, 0.2) is 24.3 Å². The van der Waals surface area contributed by atoms with E-state index in [0.29, 0.717) is 6.04 Å². The molecule has 1 aliphatic carbocycles. The van der Waals surface area contributed by atoms with Crippen molar-refractivity contribution in [1.82, 2.24) is 10.2 Å². The molecular weight excluding hydrogens is 268 g/mol. The third kappa shape index (κ3) is 4.76. The Morgan fingerprint density at radius 2 is 2.05 bits per heavy atom. The zero-order valence-electron chi connectivity index (χ0n) is 12.7. The number of hydrogen-bond donors (Lipinski definition) is 1. The Hall–Kier alpha value is -0.570. The van der Waals surface area contributed by atoms with Crippen molar-refractivity contribution in [3.8, 4) is 0 Å². The Labute approximate surface area is 128 Å². The van der Waals surface area contributed by atoms with E-state index in [9.17, 15) is 0 Å². The van der Waals surface area contributed by atoms with Crippen LogP contribution in [0.1, 0.15) is 44.7 Å². The molecule has 1 aromatic carbocycles. The van der Waals surface area contributed by atoms with Gasteiger partial charge in [-0.2, -0.15) is 0 Å². The molecule has 1 N–H and O–H groups in total. The first-order valence-corrected chi connectivity index (χ1v) is 8.32. The van der Waals surface area contributed by atoms with Gasteiger partial charge in [0.2, 0.25) is 0 Å². The Balaban J connectivity index is 1.92. The van der Waals surface area contributed by atoms with Crippen molar-refractivity contribution >= 4 is 11.6 Å². The number of rotatable bonds is 9. The number of hydrogen-bond acceptors (Lipinski definition) is 2. The average Bonchev–Trinajstić information content (AvgIpc) is 3.26. The van der Waals surface area contributed by atoms with Crippen LogP contribution in [0, 0.1) is 5.92 Å². The summed E-state index contributed by atoms with van der Waals surface area (Å²) >= 11 is 6.34. The first-order valence-electron chi connectivity index (χ1n) is 7.94. The van der Waals surface area contributed by atoms with Crippen molar-refractivity contribution in [2.75, 3.05) is 26.2 Å². The van der Waals surface area contributed by atoms with E-state index in [1.54, 1.807) is 0 Å². The van der Waals surface area contributed by atoms with Crippen LogP contribution in [0.3, 0.4) is 0 Å². The fourth-order valence-corrected chi connectivity index (χ4v) is 2.99. The number of halogens is 1. The third-order valence-electron chi connectivity index (χ3n) is 4.13. The van der Waals surface area contributed by atoms with Crippen molar-refractivity contribution in [2.45, 2.75) is 39.2 Å². The van der Waals surface area contributed by atoms with Gasteiger partial charge in [-0.15, -0.1) is 0 Å². The molecule has 0 radical (unpaired) electrons. The summed E-state index contributed by atoms with van der Waals surface area (Å²) < 4.78 is 0. The van der Waals surface area contributed by atoms with Crippen molar-refractivity contribution in [1.29, 1.82) is 0 Å². The maximum Gasteiger partial charge on any atom is 0.0453 e. The zero-order chi connectivity index (χ0) is 14.4. The molecule has 0 heterocycles. The van der Waals surface area contributed by atoms with Crippen LogP contribution in [0.5, 0.6) is 0 Å². The van der Waals surface area contributed by atoms with Crippen molar-refractivity contribution in [2.24, 2.45) is 5.92 Å². The van der Waals surface area contributed by atoms with Crippen LogP contribution in [0.4, 0.5) is 0 Å². The average molecular weight is 295 g/mol. The van der Waals surface area contributed by atoms with Gasteiger partial charge in [-0.05, 0) is 56.4 Å². The van der Waals surface area contributed by atoms with Gasteiger partial charge in [0.25, 0.3) is 0 Å². The summed E-state index contributed by atoms with van der Waals surface area (Å²) in [5.74, 6) is 0.966. The molecule has 1 aromatic rings. The summed E-state index contributed by atoms with van der Waals surface area (Å²) in [6, 6.07) is 8.57. The Morgan fingerprint density at radius 1 is 1.30 bits per heavy atom. The number of nitrogens with one attached hydrogen (secondary N) is 1. The summed E-state index contributed by atoms with van der Waals surface area (Å²) in [4.78, 5) is 2.58. The lowest BCUT2D eigenvalue weighted by Crippen LogP contribution is -2.31. The standard InChI is InChI=1S/C17H27ClN2/c1-3-19-17(15-7-5-6-8-16(15)18)11-12-20(4-2)13-14-9-10-14/h5-8,14,17,19H,3-4,9-13H2,1-2H3. The lowest BCUT2D eigenvalue weighted by molar-refractivity contribution is 0.259. The Morgan fingerprint density at radius 3 is 2.65 bits per heavy atom. The molecule has 0 aromatic heterocycles. The Kier molecular flexibility index (Phi) is 6.34. The second-order valence-corrected chi connectivity index (χ2v) is 6.16. The topological polar surface area (TPSA) is 15.3 Å². The molecule has 0 spiro atoms. The second kappa shape index (κ2) is 8.02. The van der Waals surface area contributed by atoms with Gasteiger partial charge in [0, 0.05) is 17.6 Å². The smallest absolute Gasteiger partial charge is 0.0453 e. The minimum absolute atomic E-state index is 0.363. The van der Waals surface area contributed by atoms with Gasteiger partial charge in [0.1, 0.15) is 0 Å². The molecule has 1 fully saturated rings. The van der Waals surface area contributed by atoms with Crippen LogP contribution in [0.2, 0.25) is 5.02 Å². The van der Waals surface area contributed by atoms with E-state index >= 15 is 0 Å². The van der Waals surface area contributed by atoms with E-state index in [4.69, 9.17) is 11.6 Å². The monoisotopic (exact) mass is 294 g/mol. The van der Waals surface area contributed by atoms with Crippen LogP contribution >= 0.6 is 11.6 Å². The minimum Gasteiger partial charge on any atom is -0.310 e. The molecule has 0 bridgehead atoms. The molecule has 1 unspecified atom stereocenters. The minimum atomic E-state index is 0.363. The van der Waals surface area contributed by atoms with E-state index in [1.165, 1.54) is 24.9 Å². The normalized spacial score (nSPS) is 16.6. The van der Waals surface area contributed by atoms with E-state index in [1.807, 2.05) is 12.1 Å². The first-order chi connectivity index (χ1) is 9.74. The van der Waals surface area contributed by atoms with Crippen molar-refractivity contribution in [3.05, 3.63) is 34.9 Å². The predicted molar refractivity (Wildman–Crippen MR) is 87.3 cm³/mol. The molecule has 1 saturated carbocycles.